The molecule has 0 bridgehead atoms. The molecule has 2 fully saturated rings. The predicted molar refractivity (Wildman–Crippen MR) is 55.4 cm³/mol. The fraction of sp³-hybridized carbons (Fsp3) is 1.00. The van der Waals surface area contributed by atoms with E-state index in [0.29, 0.717) is 0 Å². The zero-order valence-electron chi connectivity index (χ0n) is 11.5. The predicted octanol–water partition coefficient (Wildman–Crippen LogP) is 1.79. The van der Waals surface area contributed by atoms with Gasteiger partial charge in [-0.15, -0.1) is 0 Å². The van der Waals surface area contributed by atoms with Crippen LogP contribution in [0, 0.1) is 0 Å². The Balaban J connectivity index is 0.000000235. The van der Waals surface area contributed by atoms with Crippen LogP contribution in [0.4, 0.5) is 26.3 Å². The van der Waals surface area contributed by atoms with Crippen molar-refractivity contribution in [2.24, 2.45) is 0 Å². The Bertz CT molecular complexity index is 336. The topological polar surface area (TPSA) is 55.4 Å². The summed E-state index contributed by atoms with van der Waals surface area (Å²) in [5.74, 6) is 0. The van der Waals surface area contributed by atoms with E-state index in [4.69, 9.17) is 0 Å². The van der Waals surface area contributed by atoms with Crippen LogP contribution in [0.3, 0.4) is 0 Å². The van der Waals surface area contributed by atoms with Crippen molar-refractivity contribution in [1.82, 2.24) is 0 Å². The molecule has 2 saturated heterocycles. The molecule has 0 amide bonds. The van der Waals surface area contributed by atoms with E-state index in [1.54, 1.807) is 0 Å². The minimum Gasteiger partial charge on any atom is -0.343 e. The summed E-state index contributed by atoms with van der Waals surface area (Å²) in [6, 6.07) is 0. The third kappa shape index (κ3) is 5.21. The molecule has 0 aliphatic carbocycles. The molecule has 0 spiro atoms. The summed E-state index contributed by atoms with van der Waals surface area (Å²) in [6.07, 6.45) is -14.8. The second kappa shape index (κ2) is 7.27. The van der Waals surface area contributed by atoms with Crippen molar-refractivity contribution >= 4 is 0 Å². The molecule has 132 valence electrons. The number of hydrogen-bond acceptors (Lipinski definition) is 6. The van der Waals surface area contributed by atoms with E-state index in [9.17, 15) is 26.3 Å². The minimum absolute atomic E-state index is 0.0319. The first-order chi connectivity index (χ1) is 10.0. The first-order valence-electron chi connectivity index (χ1n) is 5.83. The molecule has 1 atom stereocenters. The Kier molecular flexibility index (Phi) is 6.41. The fourth-order valence-corrected chi connectivity index (χ4v) is 1.43. The maximum atomic E-state index is 12.1. The van der Waals surface area contributed by atoms with Crippen molar-refractivity contribution in [1.29, 1.82) is 0 Å². The van der Waals surface area contributed by atoms with Gasteiger partial charge in [0.1, 0.15) is 0 Å². The van der Waals surface area contributed by atoms with Gasteiger partial charge in [-0.2, -0.15) is 26.3 Å². The average Bonchev–Trinajstić information content (AvgIpc) is 3.08. The third-order valence-corrected chi connectivity index (χ3v) is 2.45. The number of alkyl halides is 6. The van der Waals surface area contributed by atoms with E-state index in [2.05, 4.69) is 28.4 Å². The van der Waals surface area contributed by atoms with E-state index in [1.807, 2.05) is 0 Å². The molecule has 6 nitrogen and oxygen atoms in total. The average molecular weight is 344 g/mol. The summed E-state index contributed by atoms with van der Waals surface area (Å²) in [5.41, 5.74) is 0. The van der Waals surface area contributed by atoms with Crippen molar-refractivity contribution < 1.29 is 54.8 Å². The van der Waals surface area contributed by atoms with Crippen LogP contribution in [0.25, 0.3) is 0 Å². The molecule has 0 aromatic heterocycles. The lowest BCUT2D eigenvalue weighted by molar-refractivity contribution is -0.459. The van der Waals surface area contributed by atoms with Gasteiger partial charge in [-0.3, -0.25) is 4.74 Å². The Morgan fingerprint density at radius 2 is 1.41 bits per heavy atom. The molecular formula is C10H14F6O6. The second-order valence-electron chi connectivity index (χ2n) is 3.98. The van der Waals surface area contributed by atoms with Crippen molar-refractivity contribution in [3.8, 4) is 0 Å². The van der Waals surface area contributed by atoms with Crippen LogP contribution in [-0.2, 0) is 28.4 Å². The van der Waals surface area contributed by atoms with Gasteiger partial charge in [0.05, 0.1) is 19.8 Å². The second-order valence-corrected chi connectivity index (χ2v) is 3.98. The lowest BCUT2D eigenvalue weighted by atomic mass is 10.4. The van der Waals surface area contributed by atoms with Crippen LogP contribution < -0.4 is 0 Å². The number of halogens is 6. The van der Waals surface area contributed by atoms with Gasteiger partial charge in [0.2, 0.25) is 0 Å². The van der Waals surface area contributed by atoms with Crippen molar-refractivity contribution in [2.45, 2.75) is 30.9 Å². The molecule has 0 radical (unpaired) electrons. The normalized spacial score (nSPS) is 25.9. The van der Waals surface area contributed by atoms with Gasteiger partial charge < -0.3 is 23.7 Å². The highest BCUT2D eigenvalue weighted by Crippen LogP contribution is 2.34. The van der Waals surface area contributed by atoms with E-state index >= 15 is 0 Å². The highest BCUT2D eigenvalue weighted by molar-refractivity contribution is 4.72. The van der Waals surface area contributed by atoms with Gasteiger partial charge in [0.25, 0.3) is 6.29 Å². The molecule has 0 aromatic carbocycles. The lowest BCUT2D eigenvalue weighted by Crippen LogP contribution is -2.38. The quantitative estimate of drug-likeness (QED) is 0.562. The maximum absolute atomic E-state index is 12.1. The summed E-state index contributed by atoms with van der Waals surface area (Å²) >= 11 is 0. The van der Waals surface area contributed by atoms with Crippen molar-refractivity contribution in [2.75, 3.05) is 34.0 Å². The van der Waals surface area contributed by atoms with Crippen LogP contribution in [0.2, 0.25) is 0 Å². The first-order valence-corrected chi connectivity index (χ1v) is 5.83. The Labute approximate surface area is 121 Å². The Hall–Kier alpha value is -0.660. The van der Waals surface area contributed by atoms with Gasteiger partial charge in [-0.05, 0) is 0 Å². The molecule has 2 heterocycles. The van der Waals surface area contributed by atoms with E-state index in [1.165, 1.54) is 0 Å². The monoisotopic (exact) mass is 344 g/mol. The lowest BCUT2D eigenvalue weighted by Gasteiger charge is -2.23. The molecule has 12 heteroatoms. The van der Waals surface area contributed by atoms with E-state index in [-0.39, 0.29) is 13.2 Å². The SMILES string of the molecule is COC1(OC)OCC(C(F)(F)F)O1.FC(F)(F)C1OCCO1. The van der Waals surface area contributed by atoms with Gasteiger partial charge in [0.15, 0.2) is 6.10 Å². The highest BCUT2D eigenvalue weighted by atomic mass is 19.4. The van der Waals surface area contributed by atoms with Crippen LogP contribution in [0.5, 0.6) is 0 Å². The van der Waals surface area contributed by atoms with Crippen LogP contribution >= 0.6 is 0 Å². The summed E-state index contributed by atoms with van der Waals surface area (Å²) in [5, 5.41) is 0. The molecule has 0 saturated carbocycles. The number of rotatable bonds is 2. The van der Waals surface area contributed by atoms with Gasteiger partial charge in [0, 0.05) is 14.2 Å². The van der Waals surface area contributed by atoms with Crippen LogP contribution in [-0.4, -0.2) is 64.9 Å². The summed E-state index contributed by atoms with van der Waals surface area (Å²) in [4.78, 5) is 0. The maximum Gasteiger partial charge on any atom is 0.440 e. The molecule has 0 aromatic rings. The summed E-state index contributed by atoms with van der Waals surface area (Å²) < 4.78 is 97.1. The summed E-state index contributed by atoms with van der Waals surface area (Å²) in [6.45, 7) is -0.570. The highest BCUT2D eigenvalue weighted by Gasteiger charge is 2.54. The summed E-state index contributed by atoms with van der Waals surface area (Å²) in [7, 11) is 2.25. The zero-order chi connectivity index (χ0) is 17.0. The van der Waals surface area contributed by atoms with Gasteiger partial charge in [-0.25, -0.2) is 0 Å². The minimum atomic E-state index is -4.47. The number of methoxy groups -OCH3 is 2. The molecule has 22 heavy (non-hydrogen) atoms. The van der Waals surface area contributed by atoms with Gasteiger partial charge >= 0.3 is 18.5 Å². The molecular weight excluding hydrogens is 330 g/mol. The van der Waals surface area contributed by atoms with E-state index in [0.717, 1.165) is 14.2 Å². The van der Waals surface area contributed by atoms with Crippen molar-refractivity contribution in [3.05, 3.63) is 0 Å². The number of hydrogen-bond donors (Lipinski definition) is 0. The van der Waals surface area contributed by atoms with Gasteiger partial charge in [-0.1, -0.05) is 0 Å². The Morgan fingerprint density at radius 3 is 1.64 bits per heavy atom. The largest absolute Gasteiger partial charge is 0.440 e. The third-order valence-electron chi connectivity index (χ3n) is 2.45. The van der Waals surface area contributed by atoms with E-state index < -0.39 is 37.5 Å². The standard InChI is InChI=1S/C6H9F3O4.C4H5F3O2/c1-10-6(11-2)12-3-4(13-6)5(7,8)9;5-4(6,7)3-8-1-2-9-3/h4H,3H2,1-2H3;3H,1-2H2. The zero-order valence-corrected chi connectivity index (χ0v) is 11.5. The molecule has 2 aliphatic rings. The Morgan fingerprint density at radius 1 is 0.909 bits per heavy atom. The molecule has 2 rings (SSSR count). The number of ether oxygens (including phenoxy) is 6. The van der Waals surface area contributed by atoms with Crippen molar-refractivity contribution in [3.63, 3.8) is 0 Å². The first kappa shape index (κ1) is 19.4. The fourth-order valence-electron chi connectivity index (χ4n) is 1.43. The molecule has 1 unspecified atom stereocenters. The van der Waals surface area contributed by atoms with Crippen LogP contribution in [0.15, 0.2) is 0 Å². The van der Waals surface area contributed by atoms with Crippen LogP contribution in [0.1, 0.15) is 0 Å². The molecule has 2 aliphatic heterocycles. The molecule has 0 N–H and O–H groups in total. The smallest absolute Gasteiger partial charge is 0.343 e.